The lowest BCUT2D eigenvalue weighted by Crippen LogP contribution is -2.05. The van der Waals surface area contributed by atoms with E-state index in [0.717, 1.165) is 26.1 Å². The first-order chi connectivity index (χ1) is 4.77. The van der Waals surface area contributed by atoms with Gasteiger partial charge in [-0.05, 0) is 26.3 Å². The van der Waals surface area contributed by atoms with Crippen LogP contribution >= 0.6 is 0 Å². The zero-order chi connectivity index (χ0) is 7.82. The van der Waals surface area contributed by atoms with E-state index < -0.39 is 0 Å². The summed E-state index contributed by atoms with van der Waals surface area (Å²) in [6.45, 7) is 8.06. The second-order valence-electron chi connectivity index (χ2n) is 2.46. The van der Waals surface area contributed by atoms with Crippen LogP contribution in [0.5, 0.6) is 0 Å². The van der Waals surface area contributed by atoms with Crippen molar-refractivity contribution in [3.05, 3.63) is 12.2 Å². The third-order valence-corrected chi connectivity index (χ3v) is 1.17. The highest BCUT2D eigenvalue weighted by Gasteiger charge is 1.87. The van der Waals surface area contributed by atoms with Crippen molar-refractivity contribution in [2.75, 3.05) is 19.8 Å². The van der Waals surface area contributed by atoms with E-state index in [1.807, 2.05) is 6.92 Å². The summed E-state index contributed by atoms with van der Waals surface area (Å²) in [5, 5.41) is 0. The predicted octanol–water partition coefficient (Wildman–Crippen LogP) is 1.32. The fourth-order valence-corrected chi connectivity index (χ4v) is 0.534. The first kappa shape index (κ1) is 9.66. The van der Waals surface area contributed by atoms with E-state index in [2.05, 4.69) is 6.58 Å². The molecule has 0 amide bonds. The molecule has 0 bridgehead atoms. The van der Waals surface area contributed by atoms with E-state index in [0.29, 0.717) is 6.54 Å². The Morgan fingerprint density at radius 2 is 2.20 bits per heavy atom. The molecule has 0 aliphatic heterocycles. The molecule has 0 aliphatic carbocycles. The van der Waals surface area contributed by atoms with E-state index in [1.54, 1.807) is 0 Å². The molecule has 0 atom stereocenters. The quantitative estimate of drug-likeness (QED) is 0.449. The van der Waals surface area contributed by atoms with Gasteiger partial charge >= 0.3 is 0 Å². The molecule has 0 aromatic rings. The molecular formula is C8H17NO. The van der Waals surface area contributed by atoms with Crippen LogP contribution in [0.4, 0.5) is 0 Å². The molecule has 0 rings (SSSR count). The lowest BCUT2D eigenvalue weighted by Gasteiger charge is -2.01. The number of nitrogens with two attached hydrogens (primary N) is 1. The topological polar surface area (TPSA) is 35.2 Å². The van der Waals surface area contributed by atoms with Gasteiger partial charge in [0, 0.05) is 6.61 Å². The zero-order valence-electron chi connectivity index (χ0n) is 6.73. The maximum Gasteiger partial charge on any atom is 0.0502 e. The van der Waals surface area contributed by atoms with Gasteiger partial charge in [0.25, 0.3) is 0 Å². The summed E-state index contributed by atoms with van der Waals surface area (Å²) in [6.07, 6.45) is 1.92. The Hall–Kier alpha value is -0.340. The minimum Gasteiger partial charge on any atom is -0.381 e. The average molecular weight is 143 g/mol. The molecule has 0 heterocycles. The van der Waals surface area contributed by atoms with Gasteiger partial charge in [0.15, 0.2) is 0 Å². The van der Waals surface area contributed by atoms with Gasteiger partial charge in [-0.2, -0.15) is 0 Å². The lowest BCUT2D eigenvalue weighted by molar-refractivity contribution is 0.136. The van der Waals surface area contributed by atoms with E-state index >= 15 is 0 Å². The molecule has 2 heteroatoms. The molecular weight excluding hydrogens is 126 g/mol. The van der Waals surface area contributed by atoms with Crippen molar-refractivity contribution in [3.63, 3.8) is 0 Å². The van der Waals surface area contributed by atoms with Crippen LogP contribution < -0.4 is 5.73 Å². The Kier molecular flexibility index (Phi) is 6.55. The summed E-state index contributed by atoms with van der Waals surface area (Å²) in [7, 11) is 0. The fourth-order valence-electron chi connectivity index (χ4n) is 0.534. The number of hydrogen-bond acceptors (Lipinski definition) is 2. The molecule has 10 heavy (non-hydrogen) atoms. The van der Waals surface area contributed by atoms with Gasteiger partial charge in [-0.1, -0.05) is 5.57 Å². The third kappa shape index (κ3) is 7.66. The zero-order valence-corrected chi connectivity index (χ0v) is 6.73. The van der Waals surface area contributed by atoms with Crippen molar-refractivity contribution in [1.82, 2.24) is 0 Å². The molecule has 0 spiro atoms. The van der Waals surface area contributed by atoms with E-state index in [1.165, 1.54) is 5.57 Å². The first-order valence-electron chi connectivity index (χ1n) is 3.69. The molecule has 0 aliphatic rings. The van der Waals surface area contributed by atoms with Crippen LogP contribution in [0, 0.1) is 0 Å². The first-order valence-corrected chi connectivity index (χ1v) is 3.69. The maximum atomic E-state index is 5.27. The fraction of sp³-hybridized carbons (Fsp3) is 0.750. The molecule has 2 nitrogen and oxygen atoms in total. The lowest BCUT2D eigenvalue weighted by atomic mass is 10.3. The van der Waals surface area contributed by atoms with Crippen molar-refractivity contribution in [1.29, 1.82) is 0 Å². The highest BCUT2D eigenvalue weighted by molar-refractivity contribution is 4.86. The van der Waals surface area contributed by atoms with Gasteiger partial charge in [0.1, 0.15) is 0 Å². The second-order valence-corrected chi connectivity index (χ2v) is 2.46. The molecule has 0 aromatic carbocycles. The Morgan fingerprint density at radius 1 is 1.50 bits per heavy atom. The van der Waals surface area contributed by atoms with Gasteiger partial charge < -0.3 is 10.5 Å². The Morgan fingerprint density at radius 3 is 2.70 bits per heavy atom. The molecule has 60 valence electrons. The van der Waals surface area contributed by atoms with Crippen LogP contribution in [0.15, 0.2) is 12.2 Å². The van der Waals surface area contributed by atoms with Gasteiger partial charge in [0.05, 0.1) is 6.61 Å². The number of rotatable bonds is 6. The minimum absolute atomic E-state index is 0.715. The second kappa shape index (κ2) is 6.78. The van der Waals surface area contributed by atoms with Crippen LogP contribution in [0.3, 0.4) is 0 Å². The van der Waals surface area contributed by atoms with E-state index in [-0.39, 0.29) is 0 Å². The van der Waals surface area contributed by atoms with E-state index in [9.17, 15) is 0 Å². The van der Waals surface area contributed by atoms with Crippen LogP contribution in [0.25, 0.3) is 0 Å². The summed E-state index contributed by atoms with van der Waals surface area (Å²) < 4.78 is 5.24. The van der Waals surface area contributed by atoms with Gasteiger partial charge in [-0.15, -0.1) is 6.58 Å². The summed E-state index contributed by atoms with van der Waals surface area (Å²) in [4.78, 5) is 0. The highest BCUT2D eigenvalue weighted by atomic mass is 16.5. The van der Waals surface area contributed by atoms with Crippen molar-refractivity contribution in [3.8, 4) is 0 Å². The standard InChI is InChI=1S/C8H17NO/c1-8(2)4-7-10-6-3-5-9/h1,3-7,9H2,2H3. The van der Waals surface area contributed by atoms with Crippen LogP contribution in [0.2, 0.25) is 0 Å². The molecule has 0 radical (unpaired) electrons. The number of ether oxygens (including phenoxy) is 1. The number of hydrogen-bond donors (Lipinski definition) is 1. The van der Waals surface area contributed by atoms with Gasteiger partial charge in [-0.3, -0.25) is 0 Å². The average Bonchev–Trinajstić information content (AvgIpc) is 1.87. The molecule has 2 N–H and O–H groups in total. The van der Waals surface area contributed by atoms with Gasteiger partial charge in [-0.25, -0.2) is 0 Å². The highest BCUT2D eigenvalue weighted by Crippen LogP contribution is 1.94. The summed E-state index contributed by atoms with van der Waals surface area (Å²) in [5.41, 5.74) is 6.45. The largest absolute Gasteiger partial charge is 0.381 e. The Labute approximate surface area is 63.1 Å². The summed E-state index contributed by atoms with van der Waals surface area (Å²) >= 11 is 0. The van der Waals surface area contributed by atoms with Crippen LogP contribution in [-0.4, -0.2) is 19.8 Å². The van der Waals surface area contributed by atoms with E-state index in [4.69, 9.17) is 10.5 Å². The maximum absolute atomic E-state index is 5.27. The predicted molar refractivity (Wildman–Crippen MR) is 43.9 cm³/mol. The molecule has 0 fully saturated rings. The molecule has 0 aromatic heterocycles. The smallest absolute Gasteiger partial charge is 0.0502 e. The summed E-state index contributed by atoms with van der Waals surface area (Å²) in [5.74, 6) is 0. The van der Waals surface area contributed by atoms with Crippen molar-refractivity contribution < 1.29 is 4.74 Å². The van der Waals surface area contributed by atoms with Crippen molar-refractivity contribution in [2.45, 2.75) is 19.8 Å². The minimum atomic E-state index is 0.715. The SMILES string of the molecule is C=C(C)CCOCCCN. The van der Waals surface area contributed by atoms with Crippen molar-refractivity contribution in [2.24, 2.45) is 5.73 Å². The Balaban J connectivity index is 2.84. The molecule has 0 saturated carbocycles. The summed E-state index contributed by atoms with van der Waals surface area (Å²) in [6, 6.07) is 0. The normalized spacial score (nSPS) is 9.80. The monoisotopic (exact) mass is 143 g/mol. The van der Waals surface area contributed by atoms with Crippen molar-refractivity contribution >= 4 is 0 Å². The van der Waals surface area contributed by atoms with Crippen LogP contribution in [0.1, 0.15) is 19.8 Å². The van der Waals surface area contributed by atoms with Gasteiger partial charge in [0.2, 0.25) is 0 Å². The third-order valence-electron chi connectivity index (χ3n) is 1.17. The molecule has 0 unspecified atom stereocenters. The molecule has 0 saturated heterocycles. The van der Waals surface area contributed by atoms with Crippen LogP contribution in [-0.2, 0) is 4.74 Å². The Bertz CT molecular complexity index is 91.3.